The Labute approximate surface area is 128 Å². The molecule has 1 aliphatic rings. The van der Waals surface area contributed by atoms with Crippen LogP contribution in [0.5, 0.6) is 0 Å². The quantitative estimate of drug-likeness (QED) is 0.733. The molecule has 0 amide bonds. The lowest BCUT2D eigenvalue weighted by Gasteiger charge is -2.12. The summed E-state index contributed by atoms with van der Waals surface area (Å²) in [7, 11) is -1.51. The zero-order valence-corrected chi connectivity index (χ0v) is 14.0. The van der Waals surface area contributed by atoms with E-state index in [-0.39, 0.29) is 0 Å². The van der Waals surface area contributed by atoms with E-state index in [0.717, 1.165) is 25.1 Å². The normalized spacial score (nSPS) is 15.8. The Hall–Kier alpha value is -0.850. The summed E-state index contributed by atoms with van der Waals surface area (Å²) >= 11 is 0. The first-order chi connectivity index (χ1) is 9.96. The first kappa shape index (κ1) is 16.5. The van der Waals surface area contributed by atoms with Crippen molar-refractivity contribution < 1.29 is 8.42 Å². The van der Waals surface area contributed by atoms with Crippen LogP contribution in [0, 0.1) is 5.92 Å². The molecule has 5 nitrogen and oxygen atoms in total. The Morgan fingerprint density at radius 1 is 1.33 bits per heavy atom. The molecule has 0 saturated heterocycles. The molecule has 21 heavy (non-hydrogen) atoms. The predicted octanol–water partition coefficient (Wildman–Crippen LogP) is 1.99. The van der Waals surface area contributed by atoms with Gasteiger partial charge in [-0.3, -0.25) is 0 Å². The van der Waals surface area contributed by atoms with Crippen molar-refractivity contribution in [1.82, 2.24) is 14.6 Å². The zero-order chi connectivity index (χ0) is 15.5. The van der Waals surface area contributed by atoms with Crippen LogP contribution in [0.2, 0.25) is 0 Å². The van der Waals surface area contributed by atoms with Crippen LogP contribution < -0.4 is 10.0 Å². The molecule has 1 saturated carbocycles. The molecule has 1 heterocycles. The van der Waals surface area contributed by atoms with Crippen molar-refractivity contribution >= 4 is 10.0 Å². The molecule has 2 rings (SSSR count). The van der Waals surface area contributed by atoms with Crippen LogP contribution in [-0.4, -0.2) is 25.6 Å². The second-order valence-corrected chi connectivity index (χ2v) is 7.73. The molecule has 1 aliphatic carbocycles. The summed E-state index contributed by atoms with van der Waals surface area (Å²) in [5, 5.41) is 3.41. The van der Waals surface area contributed by atoms with E-state index in [1.54, 1.807) is 12.3 Å². The van der Waals surface area contributed by atoms with Crippen LogP contribution >= 0.6 is 0 Å². The summed E-state index contributed by atoms with van der Waals surface area (Å²) in [6.45, 7) is 5.42. The molecule has 0 bridgehead atoms. The molecule has 0 atom stereocenters. The van der Waals surface area contributed by atoms with Crippen LogP contribution in [0.15, 0.2) is 17.2 Å². The van der Waals surface area contributed by atoms with Gasteiger partial charge in [0.1, 0.15) is 0 Å². The average molecular weight is 313 g/mol. The van der Waals surface area contributed by atoms with E-state index < -0.39 is 10.0 Å². The summed E-state index contributed by atoms with van der Waals surface area (Å²) in [4.78, 5) is 0.364. The number of nitrogens with one attached hydrogen (secondary N) is 2. The fraction of sp³-hybridized carbons (Fsp3) is 0.733. The minimum absolute atomic E-state index is 0.364. The lowest BCUT2D eigenvalue weighted by atomic mass is 10.0. The number of sulfonamides is 1. The van der Waals surface area contributed by atoms with Gasteiger partial charge in [0.15, 0.2) is 0 Å². The Balaban J connectivity index is 1.99. The second kappa shape index (κ2) is 6.94. The van der Waals surface area contributed by atoms with Gasteiger partial charge in [0, 0.05) is 38.1 Å². The average Bonchev–Trinajstić information content (AvgIpc) is 3.20. The van der Waals surface area contributed by atoms with E-state index in [9.17, 15) is 8.42 Å². The van der Waals surface area contributed by atoms with E-state index in [4.69, 9.17) is 0 Å². The Morgan fingerprint density at radius 3 is 2.57 bits per heavy atom. The number of aryl methyl sites for hydroxylation is 1. The summed E-state index contributed by atoms with van der Waals surface area (Å²) in [6.07, 6.45) is 6.13. The van der Waals surface area contributed by atoms with Crippen molar-refractivity contribution in [2.45, 2.75) is 57.0 Å². The van der Waals surface area contributed by atoms with Gasteiger partial charge in [-0.1, -0.05) is 26.7 Å². The predicted molar refractivity (Wildman–Crippen MR) is 84.5 cm³/mol. The second-order valence-electron chi connectivity index (χ2n) is 5.97. The smallest absolute Gasteiger partial charge is 0.242 e. The van der Waals surface area contributed by atoms with E-state index >= 15 is 0 Å². The molecule has 6 heteroatoms. The van der Waals surface area contributed by atoms with E-state index in [1.165, 1.54) is 12.8 Å². The van der Waals surface area contributed by atoms with Crippen LogP contribution in [0.4, 0.5) is 0 Å². The third-order valence-electron chi connectivity index (χ3n) is 4.26. The largest absolute Gasteiger partial charge is 0.352 e. The van der Waals surface area contributed by atoms with Crippen molar-refractivity contribution in [2.75, 3.05) is 6.54 Å². The molecule has 0 unspecified atom stereocenters. The van der Waals surface area contributed by atoms with Crippen molar-refractivity contribution in [3.8, 4) is 0 Å². The SMILES string of the molecule is CCC(CC)CNS(=O)(=O)c1cc(CNC2CC2)n(C)c1. The maximum absolute atomic E-state index is 12.3. The zero-order valence-electron chi connectivity index (χ0n) is 13.2. The van der Waals surface area contributed by atoms with Crippen molar-refractivity contribution in [1.29, 1.82) is 0 Å². The molecule has 0 radical (unpaired) electrons. The Morgan fingerprint density at radius 2 is 2.00 bits per heavy atom. The van der Waals surface area contributed by atoms with Crippen molar-refractivity contribution in [3.63, 3.8) is 0 Å². The summed E-state index contributed by atoms with van der Waals surface area (Å²) in [5.74, 6) is 0.402. The molecular formula is C15H27N3O2S. The van der Waals surface area contributed by atoms with E-state index in [2.05, 4.69) is 23.9 Å². The van der Waals surface area contributed by atoms with Crippen LogP contribution in [0.25, 0.3) is 0 Å². The molecule has 0 aliphatic heterocycles. The highest BCUT2D eigenvalue weighted by Gasteiger charge is 2.22. The van der Waals surface area contributed by atoms with Gasteiger partial charge in [-0.15, -0.1) is 0 Å². The van der Waals surface area contributed by atoms with Gasteiger partial charge in [0.2, 0.25) is 10.0 Å². The lowest BCUT2D eigenvalue weighted by Crippen LogP contribution is -2.28. The monoisotopic (exact) mass is 313 g/mol. The molecule has 0 spiro atoms. The molecule has 2 N–H and O–H groups in total. The van der Waals surface area contributed by atoms with Gasteiger partial charge < -0.3 is 9.88 Å². The Bertz CT molecular complexity index is 557. The first-order valence-corrected chi connectivity index (χ1v) is 9.32. The summed E-state index contributed by atoms with van der Waals surface area (Å²) in [6, 6.07) is 2.39. The van der Waals surface area contributed by atoms with Crippen LogP contribution in [0.1, 0.15) is 45.2 Å². The highest BCUT2D eigenvalue weighted by atomic mass is 32.2. The third kappa shape index (κ3) is 4.56. The maximum atomic E-state index is 12.3. The number of hydrogen-bond acceptors (Lipinski definition) is 3. The van der Waals surface area contributed by atoms with Gasteiger partial charge in [0.25, 0.3) is 0 Å². The number of hydrogen-bond donors (Lipinski definition) is 2. The number of aromatic nitrogens is 1. The van der Waals surface area contributed by atoms with Gasteiger partial charge in [-0.25, -0.2) is 13.1 Å². The summed E-state index contributed by atoms with van der Waals surface area (Å²) < 4.78 is 29.3. The van der Waals surface area contributed by atoms with Crippen molar-refractivity contribution in [3.05, 3.63) is 18.0 Å². The maximum Gasteiger partial charge on any atom is 0.242 e. The van der Waals surface area contributed by atoms with E-state index in [0.29, 0.717) is 23.4 Å². The van der Waals surface area contributed by atoms with Crippen molar-refractivity contribution in [2.24, 2.45) is 13.0 Å². The summed E-state index contributed by atoms with van der Waals surface area (Å²) in [5.41, 5.74) is 1.00. The van der Waals surface area contributed by atoms with Crippen LogP contribution in [0.3, 0.4) is 0 Å². The highest BCUT2D eigenvalue weighted by molar-refractivity contribution is 7.89. The Kier molecular flexibility index (Phi) is 5.46. The molecule has 0 aromatic carbocycles. The molecular weight excluding hydrogens is 286 g/mol. The third-order valence-corrected chi connectivity index (χ3v) is 5.65. The topological polar surface area (TPSA) is 63.1 Å². The van der Waals surface area contributed by atoms with Gasteiger partial charge >= 0.3 is 0 Å². The van der Waals surface area contributed by atoms with Crippen LogP contribution in [-0.2, 0) is 23.6 Å². The van der Waals surface area contributed by atoms with Gasteiger partial charge in [-0.05, 0) is 24.8 Å². The molecule has 1 aromatic rings. The van der Waals surface area contributed by atoms with Gasteiger partial charge in [-0.2, -0.15) is 0 Å². The number of rotatable bonds is 9. The molecule has 1 fully saturated rings. The number of nitrogens with zero attached hydrogens (tertiary/aromatic N) is 1. The van der Waals surface area contributed by atoms with Gasteiger partial charge in [0.05, 0.1) is 4.90 Å². The first-order valence-electron chi connectivity index (χ1n) is 7.84. The van der Waals surface area contributed by atoms with E-state index in [1.807, 2.05) is 11.6 Å². The fourth-order valence-corrected chi connectivity index (χ4v) is 3.53. The molecule has 1 aromatic heterocycles. The highest BCUT2D eigenvalue weighted by Crippen LogP contribution is 2.20. The molecule has 120 valence electrons. The minimum Gasteiger partial charge on any atom is -0.352 e. The fourth-order valence-electron chi connectivity index (χ4n) is 2.32. The lowest BCUT2D eigenvalue weighted by molar-refractivity contribution is 0.479. The minimum atomic E-state index is -3.40. The standard InChI is InChI=1S/C15H27N3O2S/c1-4-12(5-2)9-17-21(19,20)15-8-14(18(3)11-15)10-16-13-6-7-13/h8,11-13,16-17H,4-7,9-10H2,1-3H3.